The van der Waals surface area contributed by atoms with Gasteiger partial charge in [0.1, 0.15) is 5.02 Å². The lowest BCUT2D eigenvalue weighted by molar-refractivity contribution is 0.590. The lowest BCUT2D eigenvalue weighted by Gasteiger charge is -2.19. The van der Waals surface area contributed by atoms with Crippen LogP contribution in [0.4, 0.5) is 5.69 Å². The molecule has 0 atom stereocenters. The number of H-pyrrole nitrogens is 1. The van der Waals surface area contributed by atoms with Crippen molar-refractivity contribution in [3.63, 3.8) is 0 Å². The SMILES string of the molecule is CC(C)(C)c1ccc(CCNc2cn[nH]c(=O)c2Cl)cc1. The van der Waals surface area contributed by atoms with Crippen LogP contribution in [0.25, 0.3) is 0 Å². The maximum atomic E-state index is 11.3. The number of aromatic amines is 1. The van der Waals surface area contributed by atoms with Crippen LogP contribution >= 0.6 is 11.6 Å². The molecule has 0 unspecified atom stereocenters. The first kappa shape index (κ1) is 15.6. The van der Waals surface area contributed by atoms with Crippen LogP contribution in [-0.2, 0) is 11.8 Å². The molecule has 0 radical (unpaired) electrons. The van der Waals surface area contributed by atoms with Gasteiger partial charge in [-0.05, 0) is 23.0 Å². The van der Waals surface area contributed by atoms with E-state index in [9.17, 15) is 4.79 Å². The molecule has 1 heterocycles. The van der Waals surface area contributed by atoms with Gasteiger partial charge in [0.25, 0.3) is 5.56 Å². The third-order valence-corrected chi connectivity index (χ3v) is 3.72. The first-order valence-electron chi connectivity index (χ1n) is 6.94. The molecule has 0 saturated carbocycles. The Morgan fingerprint density at radius 1 is 1.24 bits per heavy atom. The van der Waals surface area contributed by atoms with Crippen molar-refractivity contribution in [2.45, 2.75) is 32.6 Å². The van der Waals surface area contributed by atoms with E-state index >= 15 is 0 Å². The number of hydrogen-bond acceptors (Lipinski definition) is 3. The Bertz CT molecular complexity index is 656. The molecule has 4 nitrogen and oxygen atoms in total. The Morgan fingerprint density at radius 3 is 2.52 bits per heavy atom. The van der Waals surface area contributed by atoms with Gasteiger partial charge in [-0.2, -0.15) is 5.10 Å². The molecule has 0 aliphatic carbocycles. The highest BCUT2D eigenvalue weighted by Crippen LogP contribution is 2.22. The third-order valence-electron chi connectivity index (χ3n) is 3.34. The zero-order valence-corrected chi connectivity index (χ0v) is 13.3. The first-order valence-corrected chi connectivity index (χ1v) is 7.32. The predicted octanol–water partition coefficient (Wildman–Crippen LogP) is 3.38. The summed E-state index contributed by atoms with van der Waals surface area (Å²) in [5, 5.41) is 9.29. The maximum absolute atomic E-state index is 11.3. The van der Waals surface area contributed by atoms with Crippen molar-refractivity contribution in [3.8, 4) is 0 Å². The van der Waals surface area contributed by atoms with E-state index in [-0.39, 0.29) is 16.0 Å². The van der Waals surface area contributed by atoms with E-state index in [1.807, 2.05) is 0 Å². The molecule has 0 saturated heterocycles. The number of nitrogens with one attached hydrogen (secondary N) is 2. The maximum Gasteiger partial charge on any atom is 0.285 e. The molecule has 5 heteroatoms. The summed E-state index contributed by atoms with van der Waals surface area (Å²) in [6, 6.07) is 8.61. The highest BCUT2D eigenvalue weighted by molar-refractivity contribution is 6.32. The Labute approximate surface area is 129 Å². The van der Waals surface area contributed by atoms with E-state index in [4.69, 9.17) is 11.6 Å². The van der Waals surface area contributed by atoms with Crippen LogP contribution in [-0.4, -0.2) is 16.7 Å². The first-order chi connectivity index (χ1) is 9.88. The van der Waals surface area contributed by atoms with Crippen LogP contribution < -0.4 is 10.9 Å². The lowest BCUT2D eigenvalue weighted by Crippen LogP contribution is -2.13. The molecule has 0 amide bonds. The van der Waals surface area contributed by atoms with Crippen molar-refractivity contribution in [3.05, 3.63) is 57.0 Å². The molecular weight excluding hydrogens is 286 g/mol. The van der Waals surface area contributed by atoms with Crippen molar-refractivity contribution < 1.29 is 0 Å². The van der Waals surface area contributed by atoms with Gasteiger partial charge in [-0.3, -0.25) is 4.79 Å². The van der Waals surface area contributed by atoms with Gasteiger partial charge in [-0.1, -0.05) is 56.6 Å². The molecule has 0 bridgehead atoms. The van der Waals surface area contributed by atoms with E-state index in [0.29, 0.717) is 12.2 Å². The van der Waals surface area contributed by atoms with Gasteiger partial charge in [-0.15, -0.1) is 0 Å². The number of halogens is 1. The quantitative estimate of drug-likeness (QED) is 0.910. The lowest BCUT2D eigenvalue weighted by atomic mass is 9.86. The number of benzene rings is 1. The fourth-order valence-electron chi connectivity index (χ4n) is 2.02. The van der Waals surface area contributed by atoms with E-state index in [2.05, 4.69) is 60.6 Å². The Kier molecular flexibility index (Phi) is 4.68. The van der Waals surface area contributed by atoms with Crippen molar-refractivity contribution >= 4 is 17.3 Å². The summed E-state index contributed by atoms with van der Waals surface area (Å²) in [6.45, 7) is 7.29. The van der Waals surface area contributed by atoms with Gasteiger partial charge in [0, 0.05) is 6.54 Å². The topological polar surface area (TPSA) is 57.8 Å². The van der Waals surface area contributed by atoms with Crippen LogP contribution in [0.1, 0.15) is 31.9 Å². The smallest absolute Gasteiger partial charge is 0.285 e. The van der Waals surface area contributed by atoms with E-state index < -0.39 is 0 Å². The molecule has 112 valence electrons. The fraction of sp³-hybridized carbons (Fsp3) is 0.375. The number of nitrogens with zero attached hydrogens (tertiary/aromatic N) is 1. The second kappa shape index (κ2) is 6.31. The normalized spacial score (nSPS) is 11.4. The minimum absolute atomic E-state index is 0.146. The van der Waals surface area contributed by atoms with Crippen molar-refractivity contribution in [1.29, 1.82) is 0 Å². The zero-order valence-electron chi connectivity index (χ0n) is 12.5. The Hall–Kier alpha value is -1.81. The van der Waals surface area contributed by atoms with Gasteiger partial charge in [0.05, 0.1) is 11.9 Å². The number of aromatic nitrogens is 2. The average molecular weight is 306 g/mol. The Morgan fingerprint density at radius 2 is 1.90 bits per heavy atom. The summed E-state index contributed by atoms with van der Waals surface area (Å²) in [6.07, 6.45) is 2.37. The third kappa shape index (κ3) is 4.08. The van der Waals surface area contributed by atoms with Crippen molar-refractivity contribution in [1.82, 2.24) is 10.2 Å². The molecular formula is C16H20ClN3O. The summed E-state index contributed by atoms with van der Waals surface area (Å²) in [5.74, 6) is 0. The van der Waals surface area contributed by atoms with Crippen molar-refractivity contribution in [2.24, 2.45) is 0 Å². The standard InChI is InChI=1S/C16H20ClN3O/c1-16(2,3)12-6-4-11(5-7-12)8-9-18-13-10-19-20-15(21)14(13)17/h4-7,10H,8-9H2,1-3H3,(H2,18,20,21). The molecule has 2 N–H and O–H groups in total. The summed E-state index contributed by atoms with van der Waals surface area (Å²) < 4.78 is 0. The molecule has 0 fully saturated rings. The molecule has 0 aliphatic rings. The van der Waals surface area contributed by atoms with Gasteiger partial charge in [0.15, 0.2) is 0 Å². The molecule has 2 aromatic rings. The monoisotopic (exact) mass is 305 g/mol. The largest absolute Gasteiger partial charge is 0.382 e. The van der Waals surface area contributed by atoms with Crippen molar-refractivity contribution in [2.75, 3.05) is 11.9 Å². The summed E-state index contributed by atoms with van der Waals surface area (Å²) in [5.41, 5.74) is 2.91. The highest BCUT2D eigenvalue weighted by Gasteiger charge is 2.12. The van der Waals surface area contributed by atoms with Crippen LogP contribution in [0.5, 0.6) is 0 Å². The molecule has 0 aliphatic heterocycles. The van der Waals surface area contributed by atoms with Crippen LogP contribution in [0, 0.1) is 0 Å². The van der Waals surface area contributed by atoms with E-state index in [1.165, 1.54) is 17.3 Å². The molecule has 0 spiro atoms. The Balaban J connectivity index is 1.95. The molecule has 1 aromatic heterocycles. The van der Waals surface area contributed by atoms with Crippen LogP contribution in [0.15, 0.2) is 35.3 Å². The van der Waals surface area contributed by atoms with E-state index in [0.717, 1.165) is 6.42 Å². The van der Waals surface area contributed by atoms with Gasteiger partial charge < -0.3 is 5.32 Å². The van der Waals surface area contributed by atoms with Crippen LogP contribution in [0.3, 0.4) is 0 Å². The minimum Gasteiger partial charge on any atom is -0.382 e. The molecule has 1 aromatic carbocycles. The second-order valence-corrected chi connectivity index (χ2v) is 6.43. The summed E-state index contributed by atoms with van der Waals surface area (Å²) in [4.78, 5) is 11.3. The van der Waals surface area contributed by atoms with Gasteiger partial charge in [-0.25, -0.2) is 5.10 Å². The minimum atomic E-state index is -0.379. The second-order valence-electron chi connectivity index (χ2n) is 6.05. The highest BCUT2D eigenvalue weighted by atomic mass is 35.5. The van der Waals surface area contributed by atoms with Gasteiger partial charge >= 0.3 is 0 Å². The number of anilines is 1. The van der Waals surface area contributed by atoms with Gasteiger partial charge in [0.2, 0.25) is 0 Å². The average Bonchev–Trinajstić information content (AvgIpc) is 2.43. The predicted molar refractivity (Wildman–Crippen MR) is 87.2 cm³/mol. The summed E-state index contributed by atoms with van der Waals surface area (Å²) >= 11 is 5.90. The summed E-state index contributed by atoms with van der Waals surface area (Å²) in [7, 11) is 0. The van der Waals surface area contributed by atoms with E-state index in [1.54, 1.807) is 0 Å². The number of rotatable bonds is 4. The molecule has 2 rings (SSSR count). The molecule has 21 heavy (non-hydrogen) atoms. The number of hydrogen-bond donors (Lipinski definition) is 2. The van der Waals surface area contributed by atoms with Crippen LogP contribution in [0.2, 0.25) is 5.02 Å². The fourth-order valence-corrected chi connectivity index (χ4v) is 2.18. The zero-order chi connectivity index (χ0) is 15.5.